The topological polar surface area (TPSA) is 43.6 Å². The van der Waals surface area contributed by atoms with E-state index in [0.717, 1.165) is 18.5 Å². The van der Waals surface area contributed by atoms with Crippen molar-refractivity contribution in [2.45, 2.75) is 25.3 Å². The number of rotatable bonds is 2. The van der Waals surface area contributed by atoms with Gasteiger partial charge in [0.15, 0.2) is 0 Å². The Bertz CT molecular complexity index is 470. The molecule has 2 aromatic rings. The van der Waals surface area contributed by atoms with Gasteiger partial charge in [0.1, 0.15) is 0 Å². The fraction of sp³-hybridized carbons (Fsp3) is 0.364. The van der Waals surface area contributed by atoms with Crippen molar-refractivity contribution in [1.82, 2.24) is 20.0 Å². The van der Waals surface area contributed by atoms with Gasteiger partial charge in [0.25, 0.3) is 0 Å². The van der Waals surface area contributed by atoms with Crippen molar-refractivity contribution in [3.63, 3.8) is 0 Å². The summed E-state index contributed by atoms with van der Waals surface area (Å²) in [7, 11) is 0. The van der Waals surface area contributed by atoms with Crippen LogP contribution in [0.5, 0.6) is 0 Å². The van der Waals surface area contributed by atoms with E-state index in [1.807, 2.05) is 30.2 Å². The van der Waals surface area contributed by atoms with Crippen LogP contribution in [-0.2, 0) is 5.54 Å². The average molecular weight is 200 g/mol. The molecular weight excluding hydrogens is 188 g/mol. The molecule has 0 amide bonds. The van der Waals surface area contributed by atoms with Gasteiger partial charge in [-0.3, -0.25) is 4.98 Å². The maximum atomic E-state index is 4.17. The highest BCUT2D eigenvalue weighted by atomic mass is 15.5. The zero-order valence-electron chi connectivity index (χ0n) is 8.59. The summed E-state index contributed by atoms with van der Waals surface area (Å²) in [5.41, 5.74) is 2.31. The number of hydrogen-bond acceptors (Lipinski definition) is 3. The molecule has 15 heavy (non-hydrogen) atoms. The second kappa shape index (κ2) is 2.89. The summed E-state index contributed by atoms with van der Waals surface area (Å²) < 4.78 is 1.98. The Labute approximate surface area is 88.0 Å². The van der Waals surface area contributed by atoms with E-state index in [9.17, 15) is 0 Å². The van der Waals surface area contributed by atoms with E-state index in [0.29, 0.717) is 0 Å². The van der Waals surface area contributed by atoms with Crippen LogP contribution in [0.3, 0.4) is 0 Å². The lowest BCUT2D eigenvalue weighted by atomic mass is 10.1. The van der Waals surface area contributed by atoms with Crippen LogP contribution in [0.25, 0.3) is 0 Å². The van der Waals surface area contributed by atoms with Crippen LogP contribution in [0.4, 0.5) is 0 Å². The highest BCUT2D eigenvalue weighted by molar-refractivity contribution is 5.29. The number of pyridine rings is 1. The van der Waals surface area contributed by atoms with Crippen molar-refractivity contribution in [3.05, 3.63) is 42.0 Å². The van der Waals surface area contributed by atoms with E-state index in [1.54, 1.807) is 0 Å². The van der Waals surface area contributed by atoms with Crippen molar-refractivity contribution >= 4 is 0 Å². The smallest absolute Gasteiger partial charge is 0.0896 e. The SMILES string of the molecule is Cc1cn(C2(c3ccncc3)CC2)nn1. The first-order chi connectivity index (χ1) is 7.31. The van der Waals surface area contributed by atoms with Crippen molar-refractivity contribution in [2.24, 2.45) is 0 Å². The minimum Gasteiger partial charge on any atom is -0.265 e. The number of aryl methyl sites for hydroxylation is 1. The Balaban J connectivity index is 2.05. The molecule has 0 N–H and O–H groups in total. The minimum absolute atomic E-state index is 0.0597. The molecule has 0 spiro atoms. The molecule has 4 heteroatoms. The predicted molar refractivity (Wildman–Crippen MR) is 55.3 cm³/mol. The number of hydrogen-bond donors (Lipinski definition) is 0. The third-order valence-electron chi connectivity index (χ3n) is 2.99. The molecule has 1 saturated carbocycles. The average Bonchev–Trinajstić information content (AvgIpc) is 2.98. The Morgan fingerprint density at radius 3 is 2.53 bits per heavy atom. The van der Waals surface area contributed by atoms with Gasteiger partial charge in [0, 0.05) is 18.6 Å². The van der Waals surface area contributed by atoms with Crippen LogP contribution in [-0.4, -0.2) is 20.0 Å². The van der Waals surface area contributed by atoms with Crippen LogP contribution in [0.2, 0.25) is 0 Å². The molecule has 0 aromatic carbocycles. The van der Waals surface area contributed by atoms with Crippen molar-refractivity contribution in [2.75, 3.05) is 0 Å². The largest absolute Gasteiger partial charge is 0.265 e. The van der Waals surface area contributed by atoms with E-state index in [1.165, 1.54) is 5.56 Å². The maximum Gasteiger partial charge on any atom is 0.0896 e. The molecule has 2 aromatic heterocycles. The van der Waals surface area contributed by atoms with E-state index in [4.69, 9.17) is 0 Å². The molecule has 3 rings (SSSR count). The first-order valence-electron chi connectivity index (χ1n) is 5.11. The molecule has 0 atom stereocenters. The third kappa shape index (κ3) is 1.25. The lowest BCUT2D eigenvalue weighted by molar-refractivity contribution is 0.490. The Kier molecular flexibility index (Phi) is 1.65. The van der Waals surface area contributed by atoms with Crippen molar-refractivity contribution in [3.8, 4) is 0 Å². The fourth-order valence-corrected chi connectivity index (χ4v) is 1.99. The van der Waals surface area contributed by atoms with E-state index < -0.39 is 0 Å². The maximum absolute atomic E-state index is 4.17. The molecule has 0 aliphatic heterocycles. The summed E-state index contributed by atoms with van der Waals surface area (Å²) in [6.07, 6.45) is 7.95. The van der Waals surface area contributed by atoms with Gasteiger partial charge in [0.05, 0.1) is 11.2 Å². The van der Waals surface area contributed by atoms with Gasteiger partial charge in [-0.25, -0.2) is 4.68 Å². The Hall–Kier alpha value is -1.71. The van der Waals surface area contributed by atoms with Crippen LogP contribution in [0, 0.1) is 6.92 Å². The molecule has 0 bridgehead atoms. The Morgan fingerprint density at radius 2 is 2.00 bits per heavy atom. The standard InChI is InChI=1S/C11H12N4/c1-9-8-15(14-13-9)11(4-5-11)10-2-6-12-7-3-10/h2-3,6-8H,4-5H2,1H3. The molecule has 4 nitrogen and oxygen atoms in total. The summed E-state index contributed by atoms with van der Waals surface area (Å²) in [4.78, 5) is 4.04. The summed E-state index contributed by atoms with van der Waals surface area (Å²) in [6.45, 7) is 1.96. The van der Waals surface area contributed by atoms with Crippen molar-refractivity contribution < 1.29 is 0 Å². The molecule has 0 radical (unpaired) electrons. The number of aromatic nitrogens is 4. The molecule has 0 unspecified atom stereocenters. The van der Waals surface area contributed by atoms with Gasteiger partial charge in [-0.15, -0.1) is 5.10 Å². The van der Waals surface area contributed by atoms with Gasteiger partial charge < -0.3 is 0 Å². The number of nitrogens with zero attached hydrogens (tertiary/aromatic N) is 4. The van der Waals surface area contributed by atoms with Crippen LogP contribution >= 0.6 is 0 Å². The van der Waals surface area contributed by atoms with Crippen LogP contribution < -0.4 is 0 Å². The van der Waals surface area contributed by atoms with Gasteiger partial charge >= 0.3 is 0 Å². The van der Waals surface area contributed by atoms with E-state index in [-0.39, 0.29) is 5.54 Å². The zero-order valence-corrected chi connectivity index (χ0v) is 8.59. The molecule has 0 saturated heterocycles. The second-order valence-electron chi connectivity index (χ2n) is 4.07. The van der Waals surface area contributed by atoms with E-state index in [2.05, 4.69) is 27.4 Å². The summed E-state index contributed by atoms with van der Waals surface area (Å²) in [6, 6.07) is 4.12. The summed E-state index contributed by atoms with van der Waals surface area (Å²) in [5, 5.41) is 8.22. The quantitative estimate of drug-likeness (QED) is 0.738. The zero-order chi connectivity index (χ0) is 10.3. The summed E-state index contributed by atoms with van der Waals surface area (Å²) in [5.74, 6) is 0. The molecule has 1 aliphatic rings. The summed E-state index contributed by atoms with van der Waals surface area (Å²) >= 11 is 0. The van der Waals surface area contributed by atoms with Crippen LogP contribution in [0.15, 0.2) is 30.7 Å². The normalized spacial score (nSPS) is 17.7. The van der Waals surface area contributed by atoms with Gasteiger partial charge in [0.2, 0.25) is 0 Å². The van der Waals surface area contributed by atoms with Gasteiger partial charge in [-0.05, 0) is 37.5 Å². The van der Waals surface area contributed by atoms with E-state index >= 15 is 0 Å². The van der Waals surface area contributed by atoms with Gasteiger partial charge in [-0.1, -0.05) is 5.21 Å². The van der Waals surface area contributed by atoms with Crippen molar-refractivity contribution in [1.29, 1.82) is 0 Å². The highest BCUT2D eigenvalue weighted by Crippen LogP contribution is 2.48. The first kappa shape index (κ1) is 8.59. The molecule has 2 heterocycles. The minimum atomic E-state index is 0.0597. The molecule has 76 valence electrons. The lowest BCUT2D eigenvalue weighted by Gasteiger charge is -2.14. The van der Waals surface area contributed by atoms with Crippen LogP contribution in [0.1, 0.15) is 24.1 Å². The predicted octanol–water partition coefficient (Wildman–Crippen LogP) is 1.52. The van der Waals surface area contributed by atoms with Gasteiger partial charge in [-0.2, -0.15) is 0 Å². The third-order valence-corrected chi connectivity index (χ3v) is 2.99. The Morgan fingerprint density at radius 1 is 1.27 bits per heavy atom. The second-order valence-corrected chi connectivity index (χ2v) is 4.07. The molecule has 1 fully saturated rings. The lowest BCUT2D eigenvalue weighted by Crippen LogP contribution is -2.19. The first-order valence-corrected chi connectivity index (χ1v) is 5.11. The molecule has 1 aliphatic carbocycles. The fourth-order valence-electron chi connectivity index (χ4n) is 1.99. The molecular formula is C11H12N4. The monoisotopic (exact) mass is 200 g/mol. The highest BCUT2D eigenvalue weighted by Gasteiger charge is 2.47.